The van der Waals surface area contributed by atoms with Gasteiger partial charge in [-0.15, -0.1) is 0 Å². The van der Waals surface area contributed by atoms with Crippen LogP contribution in [-0.4, -0.2) is 72.1 Å². The predicted octanol–water partition coefficient (Wildman–Crippen LogP) is 5.20. The lowest BCUT2D eigenvalue weighted by Crippen LogP contribution is -2.48. The molecule has 1 atom stereocenters. The van der Waals surface area contributed by atoms with Crippen molar-refractivity contribution in [2.75, 3.05) is 50.1 Å². The third-order valence-corrected chi connectivity index (χ3v) is 7.11. The Morgan fingerprint density at radius 2 is 1.75 bits per heavy atom. The number of anilines is 2. The van der Waals surface area contributed by atoms with Crippen molar-refractivity contribution in [3.05, 3.63) is 77.5 Å². The highest BCUT2D eigenvalue weighted by atomic mass is 35.5. The molecule has 2 aromatic heterocycles. The summed E-state index contributed by atoms with van der Waals surface area (Å²) in [5, 5.41) is 3.39. The molecule has 208 valence electrons. The molecule has 0 bridgehead atoms. The van der Waals surface area contributed by atoms with E-state index >= 15 is 0 Å². The number of fused-ring (bicyclic) bond motifs is 1. The van der Waals surface area contributed by atoms with Crippen LogP contribution in [0.5, 0.6) is 0 Å². The molecule has 8 nitrogen and oxygen atoms in total. The minimum atomic E-state index is -2.90. The van der Waals surface area contributed by atoms with Crippen molar-refractivity contribution in [2.45, 2.75) is 12.5 Å². The zero-order valence-corrected chi connectivity index (χ0v) is 22.3. The highest BCUT2D eigenvalue weighted by Crippen LogP contribution is 2.37. The largest absolute Gasteiger partial charge is 0.468 e. The summed E-state index contributed by atoms with van der Waals surface area (Å²) in [6.07, 6.45) is 1.86. The second-order valence-electron chi connectivity index (χ2n) is 9.30. The predicted molar refractivity (Wildman–Crippen MR) is 147 cm³/mol. The Bertz CT molecular complexity index is 1500. The SMILES string of the molecule is COC(=O)CN1CCN(c2ncc(-c3ccc4ncc(Cl)c(NC(c5ccccc5F)C(F)F)c4c3)cn2)CC1. The lowest BCUT2D eigenvalue weighted by atomic mass is 10.0. The molecule has 1 fully saturated rings. The minimum Gasteiger partial charge on any atom is -0.468 e. The van der Waals surface area contributed by atoms with Crippen molar-refractivity contribution in [1.29, 1.82) is 0 Å². The standard InChI is InChI=1S/C28H26ClF3N6O2/c1-40-24(39)16-37-8-10-38(11-9-37)28-34-13-18(14-35-28)17-6-7-23-20(12-17)25(21(29)15-33-23)36-26(27(31)32)19-4-2-3-5-22(19)30/h2-7,12-15,26-27H,8-11,16H2,1H3,(H,33,36). The first kappa shape index (κ1) is 27.6. The monoisotopic (exact) mass is 570 g/mol. The van der Waals surface area contributed by atoms with Crippen LogP contribution in [0.1, 0.15) is 11.6 Å². The summed E-state index contributed by atoms with van der Waals surface area (Å²) in [5.41, 5.74) is 2.03. The molecule has 0 spiro atoms. The average Bonchev–Trinajstić information content (AvgIpc) is 2.97. The summed E-state index contributed by atoms with van der Waals surface area (Å²) in [4.78, 5) is 28.9. The third-order valence-electron chi connectivity index (χ3n) is 6.82. The molecular weight excluding hydrogens is 545 g/mol. The zero-order valence-electron chi connectivity index (χ0n) is 21.5. The number of alkyl halides is 2. The quantitative estimate of drug-likeness (QED) is 0.290. The van der Waals surface area contributed by atoms with Crippen molar-refractivity contribution in [2.24, 2.45) is 0 Å². The lowest BCUT2D eigenvalue weighted by molar-refractivity contribution is -0.142. The second kappa shape index (κ2) is 12.1. The number of rotatable bonds is 8. The van der Waals surface area contributed by atoms with E-state index in [1.54, 1.807) is 24.5 Å². The average molecular weight is 571 g/mol. The summed E-state index contributed by atoms with van der Waals surface area (Å²) >= 11 is 6.41. The number of hydrogen-bond acceptors (Lipinski definition) is 8. The second-order valence-corrected chi connectivity index (χ2v) is 9.71. The summed E-state index contributed by atoms with van der Waals surface area (Å²) in [6, 6.07) is 9.14. The van der Waals surface area contributed by atoms with E-state index in [9.17, 15) is 18.0 Å². The number of benzene rings is 2. The molecule has 1 aliphatic rings. The van der Waals surface area contributed by atoms with Crippen LogP contribution in [0.3, 0.4) is 0 Å². The van der Waals surface area contributed by atoms with E-state index in [2.05, 4.69) is 20.3 Å². The van der Waals surface area contributed by atoms with Gasteiger partial charge in [-0.05, 0) is 23.8 Å². The first-order valence-corrected chi connectivity index (χ1v) is 13.0. The van der Waals surface area contributed by atoms with Gasteiger partial charge in [0.15, 0.2) is 0 Å². The van der Waals surface area contributed by atoms with Crippen LogP contribution in [-0.2, 0) is 9.53 Å². The fourth-order valence-electron chi connectivity index (χ4n) is 4.64. The van der Waals surface area contributed by atoms with E-state index in [0.29, 0.717) is 48.6 Å². The normalized spacial score (nSPS) is 14.9. The lowest BCUT2D eigenvalue weighted by Gasteiger charge is -2.33. The van der Waals surface area contributed by atoms with Gasteiger partial charge in [-0.25, -0.2) is 23.1 Å². The van der Waals surface area contributed by atoms with Gasteiger partial charge in [0.05, 0.1) is 29.9 Å². The Hall–Kier alpha value is -3.96. The molecule has 0 aliphatic carbocycles. The maximum absolute atomic E-state index is 14.4. The highest BCUT2D eigenvalue weighted by Gasteiger charge is 2.27. The van der Waals surface area contributed by atoms with Crippen molar-refractivity contribution in [1.82, 2.24) is 19.9 Å². The Morgan fingerprint density at radius 1 is 1.02 bits per heavy atom. The highest BCUT2D eigenvalue weighted by molar-refractivity contribution is 6.34. The van der Waals surface area contributed by atoms with Gasteiger partial charge in [0.1, 0.15) is 11.9 Å². The van der Waals surface area contributed by atoms with Crippen LogP contribution in [0, 0.1) is 5.82 Å². The molecule has 0 saturated carbocycles. The minimum absolute atomic E-state index is 0.129. The van der Waals surface area contributed by atoms with Gasteiger partial charge >= 0.3 is 5.97 Å². The van der Waals surface area contributed by atoms with Crippen molar-refractivity contribution in [3.63, 3.8) is 0 Å². The number of aromatic nitrogens is 3. The number of nitrogens with one attached hydrogen (secondary N) is 1. The molecule has 4 aromatic rings. The molecule has 1 aliphatic heterocycles. The molecule has 5 rings (SSSR count). The van der Waals surface area contributed by atoms with E-state index in [1.165, 1.54) is 31.5 Å². The van der Waals surface area contributed by atoms with Gasteiger partial charge in [-0.2, -0.15) is 0 Å². The van der Waals surface area contributed by atoms with Crippen LogP contribution < -0.4 is 10.2 Å². The first-order valence-electron chi connectivity index (χ1n) is 12.6. The molecule has 0 amide bonds. The topological polar surface area (TPSA) is 83.5 Å². The number of halogens is 4. The molecule has 1 unspecified atom stereocenters. The Kier molecular flexibility index (Phi) is 8.32. The van der Waals surface area contributed by atoms with Gasteiger partial charge in [-0.1, -0.05) is 35.9 Å². The number of carbonyl (C=O) groups excluding carboxylic acids is 1. The van der Waals surface area contributed by atoms with Gasteiger partial charge in [0, 0.05) is 61.3 Å². The Labute approximate surface area is 233 Å². The van der Waals surface area contributed by atoms with Crippen LogP contribution in [0.25, 0.3) is 22.0 Å². The maximum atomic E-state index is 14.4. The molecule has 40 heavy (non-hydrogen) atoms. The fraction of sp³-hybridized carbons (Fsp3) is 0.286. The summed E-state index contributed by atoms with van der Waals surface area (Å²) in [7, 11) is 1.37. The maximum Gasteiger partial charge on any atom is 0.319 e. The zero-order chi connectivity index (χ0) is 28.2. The summed E-state index contributed by atoms with van der Waals surface area (Å²) < 4.78 is 47.3. The molecule has 1 saturated heterocycles. The molecule has 1 N–H and O–H groups in total. The number of esters is 1. The van der Waals surface area contributed by atoms with Crippen LogP contribution >= 0.6 is 11.6 Å². The molecule has 3 heterocycles. The van der Waals surface area contributed by atoms with Gasteiger partial charge < -0.3 is 15.0 Å². The van der Waals surface area contributed by atoms with Crippen molar-refractivity contribution in [3.8, 4) is 11.1 Å². The number of methoxy groups -OCH3 is 1. The number of nitrogens with zero attached hydrogens (tertiary/aromatic N) is 5. The fourth-order valence-corrected chi connectivity index (χ4v) is 4.85. The number of ether oxygens (including phenoxy) is 1. The smallest absolute Gasteiger partial charge is 0.319 e. The van der Waals surface area contributed by atoms with E-state index < -0.39 is 18.3 Å². The van der Waals surface area contributed by atoms with Gasteiger partial charge in [0.25, 0.3) is 6.43 Å². The summed E-state index contributed by atoms with van der Waals surface area (Å²) in [6.45, 7) is 2.94. The van der Waals surface area contributed by atoms with E-state index in [4.69, 9.17) is 16.3 Å². The van der Waals surface area contributed by atoms with Gasteiger partial charge in [0.2, 0.25) is 5.95 Å². The Morgan fingerprint density at radius 3 is 2.42 bits per heavy atom. The number of hydrogen-bond donors (Lipinski definition) is 1. The number of piperazine rings is 1. The van der Waals surface area contributed by atoms with E-state index in [1.807, 2.05) is 15.9 Å². The van der Waals surface area contributed by atoms with E-state index in [0.717, 1.165) is 11.6 Å². The molecule has 0 radical (unpaired) electrons. The van der Waals surface area contributed by atoms with Crippen LogP contribution in [0.4, 0.5) is 24.8 Å². The molecule has 2 aromatic carbocycles. The number of carbonyl (C=O) groups is 1. The van der Waals surface area contributed by atoms with Crippen LogP contribution in [0.15, 0.2) is 61.1 Å². The van der Waals surface area contributed by atoms with Gasteiger partial charge in [-0.3, -0.25) is 14.7 Å². The van der Waals surface area contributed by atoms with Crippen molar-refractivity contribution >= 4 is 40.1 Å². The molecule has 12 heteroatoms. The molecular formula is C28H26ClF3N6O2. The number of pyridine rings is 1. The van der Waals surface area contributed by atoms with Crippen molar-refractivity contribution < 1.29 is 22.7 Å². The van der Waals surface area contributed by atoms with E-state index in [-0.39, 0.29) is 28.8 Å². The summed E-state index contributed by atoms with van der Waals surface area (Å²) in [5.74, 6) is -0.437. The third kappa shape index (κ3) is 5.95. The van der Waals surface area contributed by atoms with Crippen LogP contribution in [0.2, 0.25) is 5.02 Å². The Balaban J connectivity index is 1.39. The first-order chi connectivity index (χ1) is 19.3.